The average Bonchev–Trinajstić information content (AvgIpc) is 2.55. The van der Waals surface area contributed by atoms with Gasteiger partial charge in [0.2, 0.25) is 0 Å². The predicted octanol–water partition coefficient (Wildman–Crippen LogP) is 5.10. The van der Waals surface area contributed by atoms with Crippen LogP contribution in [-0.2, 0) is 4.79 Å². The molecule has 0 aliphatic rings. The first kappa shape index (κ1) is 23.3. The lowest BCUT2D eigenvalue weighted by Gasteiger charge is -2.08. The molecule has 0 aromatic carbocycles. The summed E-state index contributed by atoms with van der Waals surface area (Å²) in [5.41, 5.74) is 0. The van der Waals surface area contributed by atoms with E-state index in [1.807, 2.05) is 12.2 Å². The number of allylic oxidation sites excluding steroid dienone is 4. The van der Waals surface area contributed by atoms with Crippen molar-refractivity contribution in [3.63, 3.8) is 0 Å². The second kappa shape index (κ2) is 14.7. The minimum Gasteiger partial charge on any atom is -0.477 e. The molecule has 0 aromatic heterocycles. The zero-order valence-electron chi connectivity index (χ0n) is 15.0. The molecule has 0 spiro atoms. The van der Waals surface area contributed by atoms with Crippen LogP contribution < -0.4 is 0 Å². The van der Waals surface area contributed by atoms with E-state index < -0.39 is 24.4 Å². The Morgan fingerprint density at radius 3 is 2.36 bits per heavy atom. The van der Waals surface area contributed by atoms with Gasteiger partial charge in [-0.1, -0.05) is 49.8 Å². The summed E-state index contributed by atoms with van der Waals surface area (Å²) in [5.74, 6) is -0.0727. The summed E-state index contributed by atoms with van der Waals surface area (Å²) in [5, 5.41) is 17.9. The summed E-state index contributed by atoms with van der Waals surface area (Å²) in [6, 6.07) is 0. The molecule has 0 radical (unpaired) electrons. The van der Waals surface area contributed by atoms with E-state index in [1.165, 1.54) is 0 Å². The molecule has 0 saturated heterocycles. The van der Waals surface area contributed by atoms with Crippen molar-refractivity contribution in [1.29, 1.82) is 0 Å². The minimum absolute atomic E-state index is 0.0649. The fourth-order valence-corrected chi connectivity index (χ4v) is 2.08. The molecule has 0 aliphatic carbocycles. The smallest absolute Gasteiger partial charge is 0.374 e. The number of halogens is 2. The van der Waals surface area contributed by atoms with E-state index in [-0.39, 0.29) is 6.42 Å². The second-order valence-electron chi connectivity index (χ2n) is 6.01. The number of carboxylic acid groups (broad SMARTS) is 1. The molecule has 0 bridgehead atoms. The first-order chi connectivity index (χ1) is 11.9. The third-order valence-corrected chi connectivity index (χ3v) is 3.63. The number of aliphatic hydroxyl groups is 1. The topological polar surface area (TPSA) is 57.5 Å². The number of carboxylic acids is 1. The summed E-state index contributed by atoms with van der Waals surface area (Å²) in [7, 11) is 0. The highest BCUT2D eigenvalue weighted by molar-refractivity contribution is 5.75. The van der Waals surface area contributed by atoms with E-state index in [9.17, 15) is 18.7 Å². The number of alkyl halides is 2. The Morgan fingerprint density at radius 2 is 1.72 bits per heavy atom. The fourth-order valence-electron chi connectivity index (χ4n) is 2.08. The van der Waals surface area contributed by atoms with E-state index in [4.69, 9.17) is 5.11 Å². The molecular weight excluding hydrogens is 326 g/mol. The molecule has 0 amide bonds. The number of carbonyl (C=O) groups is 1. The Morgan fingerprint density at radius 1 is 1.08 bits per heavy atom. The lowest BCUT2D eigenvalue weighted by molar-refractivity contribution is -0.165. The Bertz CT molecular complexity index is 473. The third-order valence-electron chi connectivity index (χ3n) is 3.63. The van der Waals surface area contributed by atoms with Crippen molar-refractivity contribution in [1.82, 2.24) is 0 Å². The molecule has 1 atom stereocenters. The number of hydrogen-bond acceptors (Lipinski definition) is 2. The third kappa shape index (κ3) is 14.4. The van der Waals surface area contributed by atoms with Crippen LogP contribution in [0.4, 0.5) is 8.78 Å². The standard InChI is InChI=1S/C20H30F2O3/c1-2-3-12-15-18(23)16-13-10-8-6-4-5-7-9-11-14-17-20(21,22)19(24)25/h8-11,18,23H,2-7,12,14-15,17H2,1H3,(H,24,25). The van der Waals surface area contributed by atoms with Crippen LogP contribution >= 0.6 is 0 Å². The molecule has 1 unspecified atom stereocenters. The molecule has 3 nitrogen and oxygen atoms in total. The minimum atomic E-state index is -3.64. The van der Waals surface area contributed by atoms with Gasteiger partial charge in [-0.05, 0) is 51.0 Å². The SMILES string of the molecule is CCCCCC(O)C#CC=CCCCCC=CCCC(F)(F)C(=O)O. The maximum Gasteiger partial charge on any atom is 0.374 e. The van der Waals surface area contributed by atoms with E-state index in [1.54, 1.807) is 12.2 Å². The number of aliphatic carboxylic acids is 1. The highest BCUT2D eigenvalue weighted by atomic mass is 19.3. The molecule has 5 heteroatoms. The molecule has 25 heavy (non-hydrogen) atoms. The summed E-state index contributed by atoms with van der Waals surface area (Å²) < 4.78 is 25.6. The van der Waals surface area contributed by atoms with Gasteiger partial charge in [0.1, 0.15) is 6.10 Å². The molecule has 2 N–H and O–H groups in total. The predicted molar refractivity (Wildman–Crippen MR) is 96.5 cm³/mol. The number of aliphatic hydroxyl groups excluding tert-OH is 1. The van der Waals surface area contributed by atoms with Gasteiger partial charge in [-0.25, -0.2) is 4.79 Å². The molecule has 142 valence electrons. The monoisotopic (exact) mass is 356 g/mol. The lowest BCUT2D eigenvalue weighted by atomic mass is 10.1. The van der Waals surface area contributed by atoms with Crippen LogP contribution in [0.5, 0.6) is 0 Å². The van der Waals surface area contributed by atoms with Gasteiger partial charge in [0.05, 0.1) is 0 Å². The first-order valence-electron chi connectivity index (χ1n) is 9.00. The second-order valence-corrected chi connectivity index (χ2v) is 6.01. The van der Waals surface area contributed by atoms with Crippen molar-refractivity contribution in [2.75, 3.05) is 0 Å². The Kier molecular flexibility index (Phi) is 13.7. The van der Waals surface area contributed by atoms with E-state index in [0.29, 0.717) is 0 Å². The average molecular weight is 356 g/mol. The quantitative estimate of drug-likeness (QED) is 0.274. The Balaban J connectivity index is 3.64. The van der Waals surface area contributed by atoms with Crippen LogP contribution in [-0.4, -0.2) is 28.2 Å². The van der Waals surface area contributed by atoms with Gasteiger partial charge in [-0.3, -0.25) is 0 Å². The van der Waals surface area contributed by atoms with Crippen molar-refractivity contribution >= 4 is 5.97 Å². The number of rotatable bonds is 13. The normalized spacial score (nSPS) is 13.1. The maximum absolute atomic E-state index is 12.8. The van der Waals surface area contributed by atoms with Crippen LogP contribution in [0.3, 0.4) is 0 Å². The first-order valence-corrected chi connectivity index (χ1v) is 9.00. The largest absolute Gasteiger partial charge is 0.477 e. The van der Waals surface area contributed by atoms with Gasteiger partial charge in [0, 0.05) is 6.42 Å². The van der Waals surface area contributed by atoms with Crippen molar-refractivity contribution in [2.45, 2.75) is 83.2 Å². The molecule has 0 fully saturated rings. The highest BCUT2D eigenvalue weighted by Crippen LogP contribution is 2.20. The lowest BCUT2D eigenvalue weighted by Crippen LogP contribution is -2.27. The molecule has 0 heterocycles. The van der Waals surface area contributed by atoms with Crippen molar-refractivity contribution in [2.24, 2.45) is 0 Å². The van der Waals surface area contributed by atoms with E-state index in [2.05, 4.69) is 18.8 Å². The van der Waals surface area contributed by atoms with Crippen LogP contribution in [0.25, 0.3) is 0 Å². The summed E-state index contributed by atoms with van der Waals surface area (Å²) in [6.07, 6.45) is 13.5. The van der Waals surface area contributed by atoms with Gasteiger partial charge in [0.25, 0.3) is 0 Å². The van der Waals surface area contributed by atoms with E-state index in [0.717, 1.165) is 51.4 Å². The molecule has 0 aromatic rings. The van der Waals surface area contributed by atoms with Crippen molar-refractivity contribution < 1.29 is 23.8 Å². The zero-order chi connectivity index (χ0) is 19.0. The van der Waals surface area contributed by atoms with Gasteiger partial charge in [-0.2, -0.15) is 8.78 Å². The summed E-state index contributed by atoms with van der Waals surface area (Å²) >= 11 is 0. The highest BCUT2D eigenvalue weighted by Gasteiger charge is 2.37. The van der Waals surface area contributed by atoms with E-state index >= 15 is 0 Å². The van der Waals surface area contributed by atoms with Crippen molar-refractivity contribution in [3.8, 4) is 11.8 Å². The molecule has 0 saturated carbocycles. The fraction of sp³-hybridized carbons (Fsp3) is 0.650. The van der Waals surface area contributed by atoms with Gasteiger partial charge < -0.3 is 10.2 Å². The van der Waals surface area contributed by atoms with Gasteiger partial charge in [-0.15, -0.1) is 0 Å². The number of unbranched alkanes of at least 4 members (excludes halogenated alkanes) is 5. The maximum atomic E-state index is 12.8. The Hall–Kier alpha value is -1.67. The zero-order valence-corrected chi connectivity index (χ0v) is 15.0. The van der Waals surface area contributed by atoms with Crippen LogP contribution in [0, 0.1) is 11.8 Å². The molecular formula is C20H30F2O3. The molecule has 0 rings (SSSR count). The van der Waals surface area contributed by atoms with Crippen molar-refractivity contribution in [3.05, 3.63) is 24.3 Å². The molecule has 0 aliphatic heterocycles. The Labute approximate surface area is 149 Å². The van der Waals surface area contributed by atoms with Crippen LogP contribution in [0.15, 0.2) is 24.3 Å². The van der Waals surface area contributed by atoms with Crippen LogP contribution in [0.2, 0.25) is 0 Å². The number of hydrogen-bond donors (Lipinski definition) is 2. The summed E-state index contributed by atoms with van der Waals surface area (Å²) in [4.78, 5) is 10.2. The van der Waals surface area contributed by atoms with Gasteiger partial charge >= 0.3 is 11.9 Å². The summed E-state index contributed by atoms with van der Waals surface area (Å²) in [6.45, 7) is 2.12. The van der Waals surface area contributed by atoms with Crippen LogP contribution in [0.1, 0.15) is 71.1 Å². The van der Waals surface area contributed by atoms with Gasteiger partial charge in [0.15, 0.2) is 0 Å².